The van der Waals surface area contributed by atoms with Crippen LogP contribution in [0.15, 0.2) is 48.5 Å². The Hall–Kier alpha value is -3.33. The van der Waals surface area contributed by atoms with Crippen LogP contribution in [0.1, 0.15) is 57.9 Å². The Balaban J connectivity index is 1.72. The number of nitrogens with one attached hydrogen (secondary N) is 2. The van der Waals surface area contributed by atoms with Crippen LogP contribution in [-0.4, -0.2) is 31.4 Å². The summed E-state index contributed by atoms with van der Waals surface area (Å²) in [7, 11) is 0. The van der Waals surface area contributed by atoms with Crippen LogP contribution in [0.3, 0.4) is 0 Å². The van der Waals surface area contributed by atoms with Gasteiger partial charge < -0.3 is 15.5 Å². The van der Waals surface area contributed by atoms with Gasteiger partial charge in [-0.1, -0.05) is 44.2 Å². The maximum absolute atomic E-state index is 12.9. The van der Waals surface area contributed by atoms with E-state index in [1.807, 2.05) is 63.2 Å². The number of carbonyl (C=O) groups excluding carboxylic acids is 2. The number of nitrogens with zero attached hydrogens (tertiary/aromatic N) is 2. The summed E-state index contributed by atoms with van der Waals surface area (Å²) in [6.07, 6.45) is 3.35. The molecule has 2 amide bonds. The zero-order chi connectivity index (χ0) is 24.5. The Morgan fingerprint density at radius 3 is 2.29 bits per heavy atom. The zero-order valence-electron chi connectivity index (χ0n) is 20.5. The molecule has 0 radical (unpaired) electrons. The van der Waals surface area contributed by atoms with E-state index >= 15 is 0 Å². The highest BCUT2D eigenvalue weighted by atomic mass is 16.2. The van der Waals surface area contributed by atoms with Crippen molar-refractivity contribution >= 4 is 28.9 Å². The van der Waals surface area contributed by atoms with Gasteiger partial charge in [-0.05, 0) is 62.3 Å². The van der Waals surface area contributed by atoms with Crippen molar-refractivity contribution < 1.29 is 9.59 Å². The van der Waals surface area contributed by atoms with E-state index in [-0.39, 0.29) is 29.6 Å². The van der Waals surface area contributed by atoms with Crippen molar-refractivity contribution in [2.45, 2.75) is 52.4 Å². The highest BCUT2D eigenvalue weighted by Gasteiger charge is 2.33. The smallest absolute Gasteiger partial charge is 0.227 e. The van der Waals surface area contributed by atoms with Gasteiger partial charge in [0, 0.05) is 36.9 Å². The summed E-state index contributed by atoms with van der Waals surface area (Å²) in [4.78, 5) is 31.3. The summed E-state index contributed by atoms with van der Waals surface area (Å²) >= 11 is 0. The van der Waals surface area contributed by atoms with Gasteiger partial charge >= 0.3 is 0 Å². The second kappa shape index (κ2) is 12.2. The number of likely N-dealkylation sites (N-methyl/N-ethyl adjacent to an activating group) is 1. The molecule has 1 fully saturated rings. The van der Waals surface area contributed by atoms with Crippen molar-refractivity contribution in [2.24, 2.45) is 11.8 Å². The van der Waals surface area contributed by atoms with E-state index in [0.717, 1.165) is 50.0 Å². The van der Waals surface area contributed by atoms with E-state index in [2.05, 4.69) is 20.4 Å². The third-order valence-electron chi connectivity index (χ3n) is 6.86. The quantitative estimate of drug-likeness (QED) is 0.469. The maximum Gasteiger partial charge on any atom is 0.227 e. The van der Waals surface area contributed by atoms with E-state index in [1.165, 1.54) is 0 Å². The predicted octanol–water partition coefficient (Wildman–Crippen LogP) is 5.75. The number of benzene rings is 2. The summed E-state index contributed by atoms with van der Waals surface area (Å²) in [5, 5.41) is 5.98. The number of hydrogen-bond acceptors (Lipinski definition) is 3. The molecule has 1 aliphatic heterocycles. The van der Waals surface area contributed by atoms with Crippen molar-refractivity contribution in [3.63, 3.8) is 0 Å². The number of carbonyl (C=O) groups is 2. The fourth-order valence-corrected chi connectivity index (χ4v) is 4.92. The van der Waals surface area contributed by atoms with Gasteiger partial charge in [-0.15, -0.1) is 0 Å². The molecule has 2 aromatic rings. The lowest BCUT2D eigenvalue weighted by Gasteiger charge is -2.37. The van der Waals surface area contributed by atoms with Gasteiger partial charge in [-0.25, -0.2) is 4.85 Å². The highest BCUT2D eigenvalue weighted by Crippen LogP contribution is 2.38. The Morgan fingerprint density at radius 2 is 1.71 bits per heavy atom. The first-order valence-corrected chi connectivity index (χ1v) is 12.4. The van der Waals surface area contributed by atoms with E-state index in [1.54, 1.807) is 6.07 Å². The number of amides is 2. The summed E-state index contributed by atoms with van der Waals surface area (Å²) in [5.74, 6) is 0.169. The third-order valence-corrected chi connectivity index (χ3v) is 6.86. The average molecular weight is 461 g/mol. The highest BCUT2D eigenvalue weighted by molar-refractivity contribution is 5.94. The first-order chi connectivity index (χ1) is 16.5. The average Bonchev–Trinajstić information content (AvgIpc) is 2.86. The molecule has 1 unspecified atom stereocenters. The van der Waals surface area contributed by atoms with Crippen LogP contribution in [-0.2, 0) is 9.59 Å². The molecule has 1 heterocycles. The van der Waals surface area contributed by atoms with Crippen molar-refractivity contribution in [1.29, 1.82) is 0 Å². The van der Waals surface area contributed by atoms with Gasteiger partial charge in [-0.2, -0.15) is 0 Å². The van der Waals surface area contributed by atoms with Crippen LogP contribution in [0.4, 0.5) is 17.1 Å². The maximum atomic E-state index is 12.9. The summed E-state index contributed by atoms with van der Waals surface area (Å²) in [6.45, 7) is 15.9. The second-order valence-corrected chi connectivity index (χ2v) is 8.93. The molecule has 0 aromatic heterocycles. The van der Waals surface area contributed by atoms with Crippen LogP contribution >= 0.6 is 0 Å². The molecule has 34 heavy (non-hydrogen) atoms. The SMILES string of the molecule is [C-]#[N+]c1cc(NC(=O)C(CC)CC)ccc1N1CCC(C(C(=O)NCC)c2ccccc2)CC1. The summed E-state index contributed by atoms with van der Waals surface area (Å²) in [6, 6.07) is 15.6. The summed E-state index contributed by atoms with van der Waals surface area (Å²) < 4.78 is 0. The minimum absolute atomic E-state index is 0.00630. The van der Waals surface area contributed by atoms with Crippen molar-refractivity contribution in [3.8, 4) is 0 Å². The second-order valence-electron chi connectivity index (χ2n) is 8.93. The van der Waals surface area contributed by atoms with E-state index in [4.69, 9.17) is 6.57 Å². The van der Waals surface area contributed by atoms with Crippen LogP contribution in [0.5, 0.6) is 0 Å². The number of rotatable bonds is 9. The van der Waals surface area contributed by atoms with E-state index < -0.39 is 0 Å². The zero-order valence-corrected chi connectivity index (χ0v) is 20.5. The van der Waals surface area contributed by atoms with E-state index in [0.29, 0.717) is 17.9 Å². The minimum Gasteiger partial charge on any atom is -0.380 e. The molecule has 0 bridgehead atoms. The van der Waals surface area contributed by atoms with Crippen LogP contribution in [0, 0.1) is 18.4 Å². The molecule has 1 aliphatic rings. The van der Waals surface area contributed by atoms with Crippen molar-refractivity contribution in [2.75, 3.05) is 29.9 Å². The molecule has 3 rings (SSSR count). The topological polar surface area (TPSA) is 65.8 Å². The molecule has 0 spiro atoms. The lowest BCUT2D eigenvalue weighted by atomic mass is 9.79. The molecule has 2 aromatic carbocycles. The Kier molecular flexibility index (Phi) is 9.09. The van der Waals surface area contributed by atoms with Gasteiger partial charge in [0.15, 0.2) is 0 Å². The van der Waals surface area contributed by atoms with Crippen molar-refractivity contribution in [3.05, 3.63) is 65.5 Å². The van der Waals surface area contributed by atoms with Gasteiger partial charge in [0.1, 0.15) is 0 Å². The normalized spacial score (nSPS) is 15.0. The van der Waals surface area contributed by atoms with Gasteiger partial charge in [0.2, 0.25) is 17.5 Å². The predicted molar refractivity (Wildman–Crippen MR) is 138 cm³/mol. The number of anilines is 2. The minimum atomic E-state index is -0.161. The molecule has 6 nitrogen and oxygen atoms in total. The first kappa shape index (κ1) is 25.3. The lowest BCUT2D eigenvalue weighted by molar-refractivity contribution is -0.124. The fourth-order valence-electron chi connectivity index (χ4n) is 4.92. The van der Waals surface area contributed by atoms with E-state index in [9.17, 15) is 9.59 Å². The summed E-state index contributed by atoms with van der Waals surface area (Å²) in [5.41, 5.74) is 3.17. The molecule has 6 heteroatoms. The number of hydrogen-bond donors (Lipinski definition) is 2. The lowest BCUT2D eigenvalue weighted by Crippen LogP contribution is -2.40. The van der Waals surface area contributed by atoms with Gasteiger partial charge in [0.25, 0.3) is 0 Å². The number of piperidine rings is 1. The van der Waals surface area contributed by atoms with Crippen LogP contribution in [0.25, 0.3) is 4.85 Å². The molecule has 1 saturated heterocycles. The van der Waals surface area contributed by atoms with Gasteiger partial charge in [0.05, 0.1) is 12.5 Å². The molecular formula is C28H36N4O2. The van der Waals surface area contributed by atoms with Crippen LogP contribution in [0.2, 0.25) is 0 Å². The van der Waals surface area contributed by atoms with Gasteiger partial charge in [-0.3, -0.25) is 9.59 Å². The Morgan fingerprint density at radius 1 is 1.03 bits per heavy atom. The molecule has 180 valence electrons. The molecule has 1 atom stereocenters. The molecule has 0 saturated carbocycles. The third kappa shape index (κ3) is 5.96. The molecular weight excluding hydrogens is 424 g/mol. The standard InChI is InChI=1S/C28H36N4O2/c1-5-20(6-2)27(33)31-23-13-14-25(24(19-23)29-4)32-17-15-22(16-18-32)26(28(34)30-7-3)21-11-9-8-10-12-21/h8-14,19-20,22,26H,5-7,15-18H2,1-3H3,(H,30,34)(H,31,33). The van der Waals surface area contributed by atoms with Crippen molar-refractivity contribution in [1.82, 2.24) is 5.32 Å². The Labute approximate surface area is 203 Å². The monoisotopic (exact) mass is 460 g/mol. The first-order valence-electron chi connectivity index (χ1n) is 12.4. The van der Waals surface area contributed by atoms with Crippen LogP contribution < -0.4 is 15.5 Å². The molecule has 0 aliphatic carbocycles. The molecule has 2 N–H and O–H groups in total. The fraction of sp³-hybridized carbons (Fsp3) is 0.464. The Bertz CT molecular complexity index is 1000. The largest absolute Gasteiger partial charge is 0.380 e.